The Kier molecular flexibility index (Phi) is 4.23. The van der Waals surface area contributed by atoms with E-state index in [0.29, 0.717) is 12.1 Å². The van der Waals surface area contributed by atoms with Crippen molar-refractivity contribution in [2.45, 2.75) is 43.5 Å². The summed E-state index contributed by atoms with van der Waals surface area (Å²) < 4.78 is 26.9. The van der Waals surface area contributed by atoms with E-state index in [0.717, 1.165) is 25.7 Å². The van der Waals surface area contributed by atoms with Gasteiger partial charge in [-0.2, -0.15) is 9.57 Å². The van der Waals surface area contributed by atoms with Gasteiger partial charge in [-0.1, -0.05) is 18.9 Å². The van der Waals surface area contributed by atoms with Gasteiger partial charge in [0.25, 0.3) is 0 Å². The Labute approximate surface area is 114 Å². The minimum atomic E-state index is -3.48. The third-order valence-corrected chi connectivity index (χ3v) is 5.57. The van der Waals surface area contributed by atoms with E-state index in [2.05, 4.69) is 0 Å². The molecule has 1 unspecified atom stereocenters. The van der Waals surface area contributed by atoms with Crippen LogP contribution in [0.15, 0.2) is 29.2 Å². The number of benzene rings is 1. The zero-order chi connectivity index (χ0) is 13.9. The van der Waals surface area contributed by atoms with Crippen molar-refractivity contribution in [2.24, 2.45) is 0 Å². The summed E-state index contributed by atoms with van der Waals surface area (Å²) in [5, 5.41) is 8.88. The normalized spacial score (nSPS) is 21.6. The molecule has 102 valence electrons. The highest BCUT2D eigenvalue weighted by molar-refractivity contribution is 7.89. The van der Waals surface area contributed by atoms with Crippen molar-refractivity contribution in [1.82, 2.24) is 4.31 Å². The summed E-state index contributed by atoms with van der Waals surface area (Å²) in [5.41, 5.74) is 0.378. The maximum atomic E-state index is 12.6. The van der Waals surface area contributed by atoms with E-state index in [1.807, 2.05) is 13.0 Å². The van der Waals surface area contributed by atoms with Gasteiger partial charge < -0.3 is 0 Å². The molecule has 1 heterocycles. The molecule has 1 atom stereocenters. The van der Waals surface area contributed by atoms with Gasteiger partial charge in [0.1, 0.15) is 0 Å². The van der Waals surface area contributed by atoms with Crippen LogP contribution in [0.2, 0.25) is 0 Å². The van der Waals surface area contributed by atoms with Crippen LogP contribution >= 0.6 is 0 Å². The minimum absolute atomic E-state index is 0.0261. The van der Waals surface area contributed by atoms with Crippen LogP contribution in [0, 0.1) is 11.3 Å². The molecule has 1 aliphatic rings. The largest absolute Gasteiger partial charge is 0.243 e. The second kappa shape index (κ2) is 5.72. The van der Waals surface area contributed by atoms with Gasteiger partial charge in [-0.15, -0.1) is 0 Å². The van der Waals surface area contributed by atoms with Gasteiger partial charge in [-0.3, -0.25) is 0 Å². The van der Waals surface area contributed by atoms with Gasteiger partial charge in [-0.25, -0.2) is 8.42 Å². The van der Waals surface area contributed by atoms with Crippen molar-refractivity contribution >= 4 is 10.0 Å². The molecule has 0 bridgehead atoms. The average Bonchev–Trinajstić information content (AvgIpc) is 2.64. The lowest BCUT2D eigenvalue weighted by Gasteiger charge is -2.26. The SMILES string of the molecule is CC1CCCCCN1S(=O)(=O)c1cccc(C#N)c1. The van der Waals surface area contributed by atoms with Crippen molar-refractivity contribution in [3.8, 4) is 6.07 Å². The summed E-state index contributed by atoms with van der Waals surface area (Å²) in [6, 6.07) is 8.26. The molecule has 4 nitrogen and oxygen atoms in total. The Morgan fingerprint density at radius 1 is 1.32 bits per heavy atom. The lowest BCUT2D eigenvalue weighted by Crippen LogP contribution is -2.38. The van der Waals surface area contributed by atoms with E-state index in [1.165, 1.54) is 6.07 Å². The Bertz CT molecular complexity index is 590. The topological polar surface area (TPSA) is 61.2 Å². The Hall–Kier alpha value is -1.38. The molecular formula is C14H18N2O2S. The summed E-state index contributed by atoms with van der Waals surface area (Å²) in [6.07, 6.45) is 3.96. The monoisotopic (exact) mass is 278 g/mol. The molecule has 0 aromatic heterocycles. The van der Waals surface area contributed by atoms with Crippen molar-refractivity contribution in [3.05, 3.63) is 29.8 Å². The van der Waals surface area contributed by atoms with Crippen molar-refractivity contribution in [1.29, 1.82) is 5.26 Å². The summed E-state index contributed by atoms with van der Waals surface area (Å²) >= 11 is 0. The second-order valence-electron chi connectivity index (χ2n) is 4.95. The molecule has 2 rings (SSSR count). The van der Waals surface area contributed by atoms with Gasteiger partial charge in [0, 0.05) is 12.6 Å². The summed E-state index contributed by atoms with van der Waals surface area (Å²) in [7, 11) is -3.48. The number of hydrogen-bond acceptors (Lipinski definition) is 3. The standard InChI is InChI=1S/C14H18N2O2S/c1-12-6-3-2-4-9-16(12)19(17,18)14-8-5-7-13(10-14)11-15/h5,7-8,10,12H,2-4,6,9H2,1H3. The number of sulfonamides is 1. The Balaban J connectivity index is 2.37. The maximum Gasteiger partial charge on any atom is 0.243 e. The van der Waals surface area contributed by atoms with Crippen molar-refractivity contribution in [3.63, 3.8) is 0 Å². The van der Waals surface area contributed by atoms with Gasteiger partial charge >= 0.3 is 0 Å². The molecule has 0 amide bonds. The Morgan fingerprint density at radius 2 is 2.11 bits per heavy atom. The fraction of sp³-hybridized carbons (Fsp3) is 0.500. The van der Waals surface area contributed by atoms with Crippen LogP contribution in [0.25, 0.3) is 0 Å². The molecule has 0 spiro atoms. The van der Waals surface area contributed by atoms with Gasteiger partial charge in [0.2, 0.25) is 10.0 Å². The molecule has 1 fully saturated rings. The molecule has 1 aromatic carbocycles. The van der Waals surface area contributed by atoms with E-state index >= 15 is 0 Å². The summed E-state index contributed by atoms with van der Waals surface area (Å²) in [5.74, 6) is 0. The van der Waals surface area contributed by atoms with E-state index in [1.54, 1.807) is 22.5 Å². The van der Waals surface area contributed by atoms with Gasteiger partial charge in [-0.05, 0) is 38.0 Å². The summed E-state index contributed by atoms with van der Waals surface area (Å²) in [4.78, 5) is 0.223. The third kappa shape index (κ3) is 2.96. The molecule has 1 aliphatic heterocycles. The second-order valence-corrected chi connectivity index (χ2v) is 6.84. The van der Waals surface area contributed by atoms with E-state index in [-0.39, 0.29) is 10.9 Å². The predicted molar refractivity (Wildman–Crippen MR) is 73.0 cm³/mol. The van der Waals surface area contributed by atoms with Gasteiger partial charge in [0.05, 0.1) is 16.5 Å². The quantitative estimate of drug-likeness (QED) is 0.835. The molecule has 5 heteroatoms. The number of nitriles is 1. The zero-order valence-corrected chi connectivity index (χ0v) is 11.9. The highest BCUT2D eigenvalue weighted by Gasteiger charge is 2.29. The van der Waals surface area contributed by atoms with E-state index < -0.39 is 10.0 Å². The van der Waals surface area contributed by atoms with Crippen LogP contribution in [-0.4, -0.2) is 25.3 Å². The van der Waals surface area contributed by atoms with E-state index in [9.17, 15) is 8.42 Å². The van der Waals surface area contributed by atoms with Crippen LogP contribution < -0.4 is 0 Å². The van der Waals surface area contributed by atoms with Crippen molar-refractivity contribution in [2.75, 3.05) is 6.54 Å². The lowest BCUT2D eigenvalue weighted by atomic mass is 10.1. The molecule has 19 heavy (non-hydrogen) atoms. The molecule has 1 aromatic rings. The maximum absolute atomic E-state index is 12.6. The predicted octanol–water partition coefficient (Wildman–Crippen LogP) is 2.51. The zero-order valence-electron chi connectivity index (χ0n) is 11.0. The summed E-state index contributed by atoms with van der Waals surface area (Å²) in [6.45, 7) is 2.53. The first-order chi connectivity index (χ1) is 9.05. The van der Waals surface area contributed by atoms with Crippen LogP contribution in [0.1, 0.15) is 38.2 Å². The van der Waals surface area contributed by atoms with Gasteiger partial charge in [0.15, 0.2) is 0 Å². The fourth-order valence-corrected chi connectivity index (χ4v) is 4.21. The number of rotatable bonds is 2. The van der Waals surface area contributed by atoms with Crippen LogP contribution in [-0.2, 0) is 10.0 Å². The van der Waals surface area contributed by atoms with Crippen molar-refractivity contribution < 1.29 is 8.42 Å². The van der Waals surface area contributed by atoms with Crippen LogP contribution in [0.3, 0.4) is 0 Å². The molecule has 0 radical (unpaired) electrons. The highest BCUT2D eigenvalue weighted by Crippen LogP contribution is 2.24. The minimum Gasteiger partial charge on any atom is -0.207 e. The average molecular weight is 278 g/mol. The smallest absolute Gasteiger partial charge is 0.207 e. The van der Waals surface area contributed by atoms with E-state index in [4.69, 9.17) is 5.26 Å². The first kappa shape index (κ1) is 14.0. The first-order valence-electron chi connectivity index (χ1n) is 6.58. The molecular weight excluding hydrogens is 260 g/mol. The molecule has 0 aliphatic carbocycles. The number of hydrogen-bond donors (Lipinski definition) is 0. The van der Waals surface area contributed by atoms with Crippen LogP contribution in [0.5, 0.6) is 0 Å². The third-order valence-electron chi connectivity index (χ3n) is 3.56. The fourth-order valence-electron chi connectivity index (χ4n) is 2.47. The molecule has 1 saturated heterocycles. The lowest BCUT2D eigenvalue weighted by molar-refractivity contribution is 0.342. The Morgan fingerprint density at radius 3 is 2.84 bits per heavy atom. The van der Waals surface area contributed by atoms with Crippen LogP contribution in [0.4, 0.5) is 0 Å². The molecule has 0 N–H and O–H groups in total. The first-order valence-corrected chi connectivity index (χ1v) is 8.02. The molecule has 0 saturated carbocycles. The number of nitrogens with zero attached hydrogens (tertiary/aromatic N) is 2. The highest BCUT2D eigenvalue weighted by atomic mass is 32.2.